The van der Waals surface area contributed by atoms with E-state index in [1.54, 1.807) is 18.2 Å². The van der Waals surface area contributed by atoms with E-state index < -0.39 is 11.3 Å². The number of hydrogen-bond acceptors (Lipinski definition) is 1. The minimum Gasteiger partial charge on any atom is -0.330 e. The topological polar surface area (TPSA) is 26.0 Å². The van der Waals surface area contributed by atoms with Crippen molar-refractivity contribution in [2.24, 2.45) is 11.1 Å². The van der Waals surface area contributed by atoms with Gasteiger partial charge >= 0.3 is 0 Å². The number of halogens is 2. The smallest absolute Gasteiger partial charge is 0.279 e. The van der Waals surface area contributed by atoms with Crippen LogP contribution in [0.2, 0.25) is 0 Å². The SMILES string of the molecule is CC(C)(CN)C(F)(F)c1ccccc1. The quantitative estimate of drug-likeness (QED) is 0.795. The van der Waals surface area contributed by atoms with Gasteiger partial charge in [0.1, 0.15) is 0 Å². The van der Waals surface area contributed by atoms with Crippen molar-refractivity contribution in [2.45, 2.75) is 19.8 Å². The van der Waals surface area contributed by atoms with E-state index >= 15 is 0 Å². The largest absolute Gasteiger partial charge is 0.330 e. The molecule has 0 aliphatic carbocycles. The van der Waals surface area contributed by atoms with E-state index in [1.807, 2.05) is 0 Å². The van der Waals surface area contributed by atoms with E-state index in [4.69, 9.17) is 5.73 Å². The summed E-state index contributed by atoms with van der Waals surface area (Å²) in [5.74, 6) is -2.89. The molecule has 0 unspecified atom stereocenters. The maximum atomic E-state index is 13.9. The van der Waals surface area contributed by atoms with Crippen molar-refractivity contribution in [3.05, 3.63) is 35.9 Å². The van der Waals surface area contributed by atoms with Gasteiger partial charge in [-0.15, -0.1) is 0 Å². The monoisotopic (exact) mass is 199 g/mol. The van der Waals surface area contributed by atoms with Crippen molar-refractivity contribution >= 4 is 0 Å². The summed E-state index contributed by atoms with van der Waals surface area (Å²) in [6.07, 6.45) is 0. The van der Waals surface area contributed by atoms with E-state index in [9.17, 15) is 8.78 Å². The zero-order valence-electron chi connectivity index (χ0n) is 8.43. The lowest BCUT2D eigenvalue weighted by atomic mass is 9.82. The van der Waals surface area contributed by atoms with Gasteiger partial charge in [0.25, 0.3) is 5.92 Å². The zero-order valence-corrected chi connectivity index (χ0v) is 8.43. The van der Waals surface area contributed by atoms with Crippen molar-refractivity contribution in [3.8, 4) is 0 Å². The molecule has 0 aliphatic heterocycles. The summed E-state index contributed by atoms with van der Waals surface area (Å²) in [5, 5.41) is 0. The molecule has 1 aromatic rings. The molecule has 1 rings (SSSR count). The first kappa shape index (κ1) is 11.1. The van der Waals surface area contributed by atoms with E-state index in [1.165, 1.54) is 26.0 Å². The number of benzene rings is 1. The van der Waals surface area contributed by atoms with E-state index in [0.717, 1.165) is 0 Å². The molecule has 1 nitrogen and oxygen atoms in total. The van der Waals surface area contributed by atoms with Crippen LogP contribution in [0.3, 0.4) is 0 Å². The number of nitrogens with two attached hydrogens (primary N) is 1. The molecule has 0 fully saturated rings. The lowest BCUT2D eigenvalue weighted by Gasteiger charge is -2.33. The summed E-state index contributed by atoms with van der Waals surface area (Å²) in [7, 11) is 0. The Morgan fingerprint density at radius 3 is 2.07 bits per heavy atom. The summed E-state index contributed by atoms with van der Waals surface area (Å²) in [6, 6.07) is 7.79. The van der Waals surface area contributed by atoms with Gasteiger partial charge in [-0.25, -0.2) is 8.78 Å². The maximum absolute atomic E-state index is 13.9. The van der Waals surface area contributed by atoms with Crippen LogP contribution < -0.4 is 5.73 Å². The number of rotatable bonds is 3. The Kier molecular flexibility index (Phi) is 2.90. The Hall–Kier alpha value is -0.960. The summed E-state index contributed by atoms with van der Waals surface area (Å²) >= 11 is 0. The van der Waals surface area contributed by atoms with Gasteiger partial charge in [-0.2, -0.15) is 0 Å². The summed E-state index contributed by atoms with van der Waals surface area (Å²) in [6.45, 7) is 2.90. The summed E-state index contributed by atoms with van der Waals surface area (Å²) in [5.41, 5.74) is 4.16. The van der Waals surface area contributed by atoms with Gasteiger partial charge < -0.3 is 5.73 Å². The van der Waals surface area contributed by atoms with Crippen LogP contribution in [-0.4, -0.2) is 6.54 Å². The highest BCUT2D eigenvalue weighted by molar-refractivity contribution is 5.22. The predicted octanol–water partition coefficient (Wildman–Crippen LogP) is 2.76. The third kappa shape index (κ3) is 1.77. The second-order valence-corrected chi connectivity index (χ2v) is 4.03. The molecule has 0 atom stereocenters. The Balaban J connectivity index is 3.08. The van der Waals surface area contributed by atoms with Crippen LogP contribution in [0.25, 0.3) is 0 Å². The van der Waals surface area contributed by atoms with Crippen LogP contribution in [0, 0.1) is 5.41 Å². The standard InChI is InChI=1S/C11H15F2N/c1-10(2,8-14)11(12,13)9-6-4-3-5-7-9/h3-7H,8,14H2,1-2H3. The fraction of sp³-hybridized carbons (Fsp3) is 0.455. The Morgan fingerprint density at radius 1 is 1.14 bits per heavy atom. The van der Waals surface area contributed by atoms with Crippen molar-refractivity contribution in [2.75, 3.05) is 6.54 Å². The predicted molar refractivity (Wildman–Crippen MR) is 53.2 cm³/mol. The Bertz CT molecular complexity index is 293. The molecular formula is C11H15F2N. The molecule has 0 spiro atoms. The van der Waals surface area contributed by atoms with Crippen LogP contribution in [-0.2, 0) is 5.92 Å². The van der Waals surface area contributed by atoms with Crippen LogP contribution in [0.5, 0.6) is 0 Å². The fourth-order valence-corrected chi connectivity index (χ4v) is 1.17. The lowest BCUT2D eigenvalue weighted by Crippen LogP contribution is -2.40. The first-order valence-electron chi connectivity index (χ1n) is 4.55. The molecular weight excluding hydrogens is 184 g/mol. The minimum absolute atomic E-state index is 0.0236. The van der Waals surface area contributed by atoms with E-state index in [0.29, 0.717) is 0 Å². The van der Waals surface area contributed by atoms with Crippen molar-refractivity contribution in [1.82, 2.24) is 0 Å². The van der Waals surface area contributed by atoms with Gasteiger partial charge in [-0.3, -0.25) is 0 Å². The van der Waals surface area contributed by atoms with Crippen molar-refractivity contribution in [1.29, 1.82) is 0 Å². The van der Waals surface area contributed by atoms with Crippen LogP contribution in [0.15, 0.2) is 30.3 Å². The average Bonchev–Trinajstić information content (AvgIpc) is 2.19. The maximum Gasteiger partial charge on any atom is 0.279 e. The molecule has 0 heterocycles. The second-order valence-electron chi connectivity index (χ2n) is 4.03. The van der Waals surface area contributed by atoms with Crippen molar-refractivity contribution < 1.29 is 8.78 Å². The molecule has 0 saturated carbocycles. The van der Waals surface area contributed by atoms with Gasteiger partial charge in [0.15, 0.2) is 0 Å². The molecule has 0 saturated heterocycles. The van der Waals surface area contributed by atoms with Crippen LogP contribution in [0.4, 0.5) is 8.78 Å². The third-order valence-electron chi connectivity index (χ3n) is 2.50. The van der Waals surface area contributed by atoms with Gasteiger partial charge in [0, 0.05) is 17.5 Å². The lowest BCUT2D eigenvalue weighted by molar-refractivity contribution is -0.108. The molecule has 0 aromatic heterocycles. The average molecular weight is 199 g/mol. The molecule has 3 heteroatoms. The normalized spacial score (nSPS) is 12.9. The highest BCUT2D eigenvalue weighted by Crippen LogP contribution is 2.43. The third-order valence-corrected chi connectivity index (χ3v) is 2.50. The molecule has 0 aliphatic rings. The molecule has 2 N–H and O–H groups in total. The highest BCUT2D eigenvalue weighted by Gasteiger charge is 2.46. The van der Waals surface area contributed by atoms with E-state index in [2.05, 4.69) is 0 Å². The first-order chi connectivity index (χ1) is 6.42. The van der Waals surface area contributed by atoms with E-state index in [-0.39, 0.29) is 12.1 Å². The molecule has 0 radical (unpaired) electrons. The molecule has 0 bridgehead atoms. The zero-order chi connectivity index (χ0) is 10.8. The van der Waals surface area contributed by atoms with Gasteiger partial charge in [0.2, 0.25) is 0 Å². The first-order valence-corrected chi connectivity index (χ1v) is 4.55. The van der Waals surface area contributed by atoms with Gasteiger partial charge in [-0.1, -0.05) is 44.2 Å². The molecule has 14 heavy (non-hydrogen) atoms. The van der Waals surface area contributed by atoms with Gasteiger partial charge in [0.05, 0.1) is 0 Å². The molecule has 1 aromatic carbocycles. The fourth-order valence-electron chi connectivity index (χ4n) is 1.17. The minimum atomic E-state index is -2.89. The second kappa shape index (κ2) is 3.65. The van der Waals surface area contributed by atoms with Crippen molar-refractivity contribution in [3.63, 3.8) is 0 Å². The number of hydrogen-bond donors (Lipinski definition) is 1. The molecule has 78 valence electrons. The Morgan fingerprint density at radius 2 is 1.64 bits per heavy atom. The van der Waals surface area contributed by atoms with Crippen LogP contribution in [0.1, 0.15) is 19.4 Å². The Labute approximate surface area is 82.9 Å². The summed E-state index contributed by atoms with van der Waals surface area (Å²) < 4.78 is 27.7. The summed E-state index contributed by atoms with van der Waals surface area (Å²) in [4.78, 5) is 0. The molecule has 0 amide bonds. The highest BCUT2D eigenvalue weighted by atomic mass is 19.3. The van der Waals surface area contributed by atoms with Gasteiger partial charge in [-0.05, 0) is 0 Å². The van der Waals surface area contributed by atoms with Crippen LogP contribution >= 0.6 is 0 Å². The number of alkyl halides is 2.